The molecule has 0 aromatic carbocycles. The van der Waals surface area contributed by atoms with E-state index in [-0.39, 0.29) is 12.5 Å². The van der Waals surface area contributed by atoms with Gasteiger partial charge in [-0.2, -0.15) is 8.78 Å². The number of carboxylic acids is 1. The number of carbonyl (C=O) groups is 2. The van der Waals surface area contributed by atoms with Crippen molar-refractivity contribution in [2.45, 2.75) is 45.3 Å². The molecule has 0 aromatic rings. The molecular weight excluding hydrogens is 288 g/mol. The van der Waals surface area contributed by atoms with Crippen molar-refractivity contribution < 1.29 is 33.0 Å². The van der Waals surface area contributed by atoms with Crippen LogP contribution in [0.1, 0.15) is 33.6 Å². The van der Waals surface area contributed by atoms with Crippen molar-refractivity contribution in [3.8, 4) is 0 Å². The summed E-state index contributed by atoms with van der Waals surface area (Å²) in [4.78, 5) is 23.6. The van der Waals surface area contributed by atoms with Gasteiger partial charge >= 0.3 is 18.2 Å². The summed E-state index contributed by atoms with van der Waals surface area (Å²) in [6.45, 7) is 5.50. The number of nitrogens with zero attached hydrogens (tertiary/aromatic N) is 1. The van der Waals surface area contributed by atoms with Gasteiger partial charge in [0.05, 0.1) is 6.61 Å². The van der Waals surface area contributed by atoms with Crippen LogP contribution in [0.15, 0.2) is 0 Å². The fourth-order valence-corrected chi connectivity index (χ4v) is 1.98. The number of carboxylic acid groups (broad SMARTS) is 1. The second-order valence-corrected chi connectivity index (χ2v) is 6.07. The normalized spacial score (nSPS) is 20.2. The third-order valence-electron chi connectivity index (χ3n) is 2.92. The Labute approximate surface area is 122 Å². The van der Waals surface area contributed by atoms with Crippen LogP contribution >= 0.6 is 0 Å². The van der Waals surface area contributed by atoms with Crippen molar-refractivity contribution in [3.63, 3.8) is 0 Å². The Hall–Kier alpha value is -1.44. The van der Waals surface area contributed by atoms with Gasteiger partial charge in [-0.25, -0.2) is 9.59 Å². The zero-order valence-corrected chi connectivity index (χ0v) is 12.4. The maximum absolute atomic E-state index is 12.9. The molecule has 1 amide bonds. The van der Waals surface area contributed by atoms with Gasteiger partial charge in [-0.3, -0.25) is 0 Å². The highest BCUT2D eigenvalue weighted by Crippen LogP contribution is 2.23. The number of alkyl halides is 2. The summed E-state index contributed by atoms with van der Waals surface area (Å²) < 4.78 is 35.1. The Morgan fingerprint density at radius 3 is 2.48 bits per heavy atom. The van der Waals surface area contributed by atoms with Gasteiger partial charge in [-0.1, -0.05) is 0 Å². The van der Waals surface area contributed by atoms with Gasteiger partial charge in [-0.05, 0) is 33.6 Å². The summed E-state index contributed by atoms with van der Waals surface area (Å²) in [6.07, 6.45) is -3.48. The molecule has 0 saturated carbocycles. The highest BCUT2D eigenvalue weighted by molar-refractivity contribution is 5.73. The Balaban J connectivity index is 2.49. The molecule has 122 valence electrons. The number of halogens is 2. The number of ether oxygens (including phenoxy) is 2. The Bertz CT molecular complexity index is 395. The molecule has 1 saturated heterocycles. The third-order valence-corrected chi connectivity index (χ3v) is 2.92. The molecule has 1 aliphatic heterocycles. The van der Waals surface area contributed by atoms with Crippen molar-refractivity contribution >= 4 is 12.1 Å². The van der Waals surface area contributed by atoms with Gasteiger partial charge in [0.15, 0.2) is 0 Å². The van der Waals surface area contributed by atoms with E-state index in [1.54, 1.807) is 20.8 Å². The molecule has 0 radical (unpaired) electrons. The van der Waals surface area contributed by atoms with Gasteiger partial charge < -0.3 is 19.5 Å². The monoisotopic (exact) mass is 309 g/mol. The van der Waals surface area contributed by atoms with Crippen LogP contribution < -0.4 is 0 Å². The van der Waals surface area contributed by atoms with Crippen molar-refractivity contribution in [1.82, 2.24) is 4.90 Å². The molecule has 1 N–H and O–H groups in total. The standard InChI is InChI=1S/C13H21F2NO5/c1-12(2,3)21-11(19)16-6-4-5-9(7-16)8-20-13(14,15)10(17)18/h9H,4-8H2,1-3H3,(H,17,18). The van der Waals surface area contributed by atoms with Crippen molar-refractivity contribution in [3.05, 3.63) is 0 Å². The van der Waals surface area contributed by atoms with Crippen LogP contribution in [0.3, 0.4) is 0 Å². The summed E-state index contributed by atoms with van der Waals surface area (Å²) in [5.41, 5.74) is -0.628. The number of aliphatic carboxylic acids is 1. The van der Waals surface area contributed by atoms with E-state index < -0.39 is 30.4 Å². The highest BCUT2D eigenvalue weighted by Gasteiger charge is 2.41. The summed E-state index contributed by atoms with van der Waals surface area (Å²) in [5.74, 6) is -2.65. The van der Waals surface area contributed by atoms with Gasteiger partial charge in [0.2, 0.25) is 0 Å². The second-order valence-electron chi connectivity index (χ2n) is 6.07. The van der Waals surface area contributed by atoms with Gasteiger partial charge in [-0.15, -0.1) is 0 Å². The van der Waals surface area contributed by atoms with Crippen LogP contribution in [-0.4, -0.2) is 53.5 Å². The molecule has 6 nitrogen and oxygen atoms in total. The van der Waals surface area contributed by atoms with E-state index in [4.69, 9.17) is 9.84 Å². The largest absolute Gasteiger partial charge is 0.475 e. The fourth-order valence-electron chi connectivity index (χ4n) is 1.98. The first kappa shape index (κ1) is 17.6. The molecule has 1 atom stereocenters. The lowest BCUT2D eigenvalue weighted by Gasteiger charge is -2.34. The SMILES string of the molecule is CC(C)(C)OC(=O)N1CCCC(COC(F)(F)C(=O)O)C1. The zero-order valence-electron chi connectivity index (χ0n) is 12.4. The number of hydrogen-bond donors (Lipinski definition) is 1. The highest BCUT2D eigenvalue weighted by atomic mass is 19.3. The minimum Gasteiger partial charge on any atom is -0.475 e. The maximum Gasteiger partial charge on any atom is 0.455 e. The molecule has 8 heteroatoms. The molecule has 0 aromatic heterocycles. The average molecular weight is 309 g/mol. The van der Waals surface area contributed by atoms with E-state index in [1.165, 1.54) is 4.90 Å². The smallest absolute Gasteiger partial charge is 0.455 e. The molecule has 1 fully saturated rings. The number of likely N-dealkylation sites (tertiary alicyclic amines) is 1. The molecule has 1 unspecified atom stereocenters. The number of amides is 1. The maximum atomic E-state index is 12.9. The minimum atomic E-state index is -4.20. The molecule has 1 aliphatic rings. The molecular formula is C13H21F2NO5. The van der Waals surface area contributed by atoms with Crippen LogP contribution in [-0.2, 0) is 14.3 Å². The van der Waals surface area contributed by atoms with E-state index in [1.807, 2.05) is 0 Å². The Morgan fingerprint density at radius 2 is 1.95 bits per heavy atom. The summed E-state index contributed by atoms with van der Waals surface area (Å²) in [5, 5.41) is 8.28. The summed E-state index contributed by atoms with van der Waals surface area (Å²) in [7, 11) is 0. The molecule has 0 bridgehead atoms. The molecule has 1 rings (SSSR count). The van der Waals surface area contributed by atoms with Crippen LogP contribution in [0.4, 0.5) is 13.6 Å². The molecule has 0 aliphatic carbocycles. The number of carbonyl (C=O) groups excluding carboxylic acids is 1. The van der Waals surface area contributed by atoms with E-state index in [9.17, 15) is 18.4 Å². The van der Waals surface area contributed by atoms with Crippen molar-refractivity contribution in [2.75, 3.05) is 19.7 Å². The number of piperidine rings is 1. The Kier molecular flexibility index (Phi) is 5.49. The average Bonchev–Trinajstić information content (AvgIpc) is 2.34. The Morgan fingerprint density at radius 1 is 1.33 bits per heavy atom. The van der Waals surface area contributed by atoms with Crippen LogP contribution in [0.5, 0.6) is 0 Å². The molecule has 1 heterocycles. The van der Waals surface area contributed by atoms with E-state index in [0.29, 0.717) is 19.4 Å². The summed E-state index contributed by atoms with van der Waals surface area (Å²) in [6, 6.07) is 0. The molecule has 21 heavy (non-hydrogen) atoms. The van der Waals surface area contributed by atoms with Crippen molar-refractivity contribution in [2.24, 2.45) is 5.92 Å². The zero-order chi connectivity index (χ0) is 16.3. The predicted octanol–water partition coefficient (Wildman–Crippen LogP) is 2.33. The van der Waals surface area contributed by atoms with E-state index in [2.05, 4.69) is 4.74 Å². The van der Waals surface area contributed by atoms with Crippen LogP contribution in [0.2, 0.25) is 0 Å². The quantitative estimate of drug-likeness (QED) is 0.862. The first-order valence-electron chi connectivity index (χ1n) is 6.74. The number of hydrogen-bond acceptors (Lipinski definition) is 4. The van der Waals surface area contributed by atoms with Gasteiger partial charge in [0.1, 0.15) is 5.60 Å². The van der Waals surface area contributed by atoms with E-state index in [0.717, 1.165) is 0 Å². The van der Waals surface area contributed by atoms with Gasteiger partial charge in [0, 0.05) is 19.0 Å². The van der Waals surface area contributed by atoms with Crippen LogP contribution in [0.25, 0.3) is 0 Å². The van der Waals surface area contributed by atoms with E-state index >= 15 is 0 Å². The third kappa shape index (κ3) is 5.82. The minimum absolute atomic E-state index is 0.213. The number of rotatable bonds is 4. The van der Waals surface area contributed by atoms with Crippen molar-refractivity contribution in [1.29, 1.82) is 0 Å². The molecule has 0 spiro atoms. The summed E-state index contributed by atoms with van der Waals surface area (Å²) >= 11 is 0. The van der Waals surface area contributed by atoms with Gasteiger partial charge in [0.25, 0.3) is 0 Å². The second kappa shape index (κ2) is 6.55. The predicted molar refractivity (Wildman–Crippen MR) is 69.1 cm³/mol. The topological polar surface area (TPSA) is 76.1 Å². The fraction of sp³-hybridized carbons (Fsp3) is 0.846. The lowest BCUT2D eigenvalue weighted by molar-refractivity contribution is -0.250. The first-order chi connectivity index (χ1) is 9.51. The van der Waals surface area contributed by atoms with Crippen LogP contribution in [0, 0.1) is 5.92 Å². The first-order valence-corrected chi connectivity index (χ1v) is 6.74. The lowest BCUT2D eigenvalue weighted by Crippen LogP contribution is -2.44. The lowest BCUT2D eigenvalue weighted by atomic mass is 9.99.